The second-order valence-electron chi connectivity index (χ2n) is 11.3. The van der Waals surface area contributed by atoms with E-state index in [1.54, 1.807) is 0 Å². The van der Waals surface area contributed by atoms with Crippen LogP contribution in [0.25, 0.3) is 78.1 Å². The van der Waals surface area contributed by atoms with Crippen LogP contribution >= 0.6 is 0 Å². The lowest BCUT2D eigenvalue weighted by atomic mass is 9.89. The molecule has 0 saturated heterocycles. The fourth-order valence-corrected chi connectivity index (χ4v) is 6.34. The van der Waals surface area contributed by atoms with E-state index in [0.717, 1.165) is 66.9 Å². The van der Waals surface area contributed by atoms with E-state index in [2.05, 4.69) is 170 Å². The summed E-state index contributed by atoms with van der Waals surface area (Å²) in [4.78, 5) is 11.1. The third-order valence-corrected chi connectivity index (χ3v) is 8.52. The van der Waals surface area contributed by atoms with Gasteiger partial charge in [0.1, 0.15) is 0 Å². The second-order valence-corrected chi connectivity index (χ2v) is 11.3. The zero-order valence-corrected chi connectivity index (χ0v) is 25.2. The minimum absolute atomic E-state index is 0.867. The zero-order chi connectivity index (χ0) is 30.7. The van der Waals surface area contributed by atoms with E-state index < -0.39 is 0 Å². The van der Waals surface area contributed by atoms with E-state index in [9.17, 15) is 0 Å². The number of benzene rings is 7. The van der Waals surface area contributed by atoms with Gasteiger partial charge in [-0.25, -0.2) is 9.97 Å². The van der Waals surface area contributed by atoms with Gasteiger partial charge in [0.05, 0.1) is 22.4 Å². The Bertz CT molecular complexity index is 2110. The van der Waals surface area contributed by atoms with Crippen LogP contribution in [0, 0.1) is 0 Å². The van der Waals surface area contributed by atoms with Crippen molar-refractivity contribution in [3.63, 3.8) is 0 Å². The van der Waals surface area contributed by atoms with Crippen LogP contribution in [0.1, 0.15) is 0 Å². The summed E-state index contributed by atoms with van der Waals surface area (Å²) in [5.74, 6) is 0. The van der Waals surface area contributed by atoms with Crippen LogP contribution < -0.4 is 0 Å². The molecule has 0 aliphatic rings. The molecule has 8 rings (SSSR count). The second kappa shape index (κ2) is 12.1. The Hall–Kier alpha value is -6.12. The molecule has 0 aliphatic heterocycles. The van der Waals surface area contributed by atoms with Gasteiger partial charge in [-0.05, 0) is 33.4 Å². The minimum atomic E-state index is 0.867. The smallest absolute Gasteiger partial charge is 0.0979 e. The monoisotopic (exact) mass is 586 g/mol. The number of hydrogen-bond acceptors (Lipinski definition) is 2. The molecule has 7 aromatic carbocycles. The molecule has 8 aromatic rings. The van der Waals surface area contributed by atoms with Crippen LogP contribution in [0.2, 0.25) is 0 Å². The molecule has 0 unspecified atom stereocenters. The van der Waals surface area contributed by atoms with E-state index in [0.29, 0.717) is 0 Å². The number of fused-ring (bicyclic) bond motifs is 1. The van der Waals surface area contributed by atoms with Gasteiger partial charge in [0.15, 0.2) is 0 Å². The van der Waals surface area contributed by atoms with Crippen molar-refractivity contribution in [1.82, 2.24) is 9.97 Å². The molecule has 0 radical (unpaired) electrons. The van der Waals surface area contributed by atoms with Gasteiger partial charge in [-0.3, -0.25) is 0 Å². The third kappa shape index (κ3) is 5.06. The highest BCUT2D eigenvalue weighted by Gasteiger charge is 2.21. The van der Waals surface area contributed by atoms with E-state index in [4.69, 9.17) is 9.97 Å². The van der Waals surface area contributed by atoms with Gasteiger partial charge in [0.2, 0.25) is 0 Å². The van der Waals surface area contributed by atoms with Gasteiger partial charge in [-0.1, -0.05) is 182 Å². The van der Waals surface area contributed by atoms with E-state index in [1.807, 2.05) is 12.1 Å². The number of rotatable bonds is 6. The van der Waals surface area contributed by atoms with Crippen LogP contribution in [-0.4, -0.2) is 9.97 Å². The van der Waals surface area contributed by atoms with Crippen molar-refractivity contribution in [3.8, 4) is 67.0 Å². The van der Waals surface area contributed by atoms with Crippen LogP contribution in [0.3, 0.4) is 0 Å². The molecule has 2 nitrogen and oxygen atoms in total. The van der Waals surface area contributed by atoms with Crippen molar-refractivity contribution in [1.29, 1.82) is 0 Å². The molecule has 0 bridgehead atoms. The molecule has 2 heteroatoms. The molecule has 0 amide bonds. The summed E-state index contributed by atoms with van der Waals surface area (Å²) in [5, 5.41) is 0. The molecule has 1 heterocycles. The fourth-order valence-electron chi connectivity index (χ4n) is 6.34. The molecule has 0 N–H and O–H groups in total. The lowest BCUT2D eigenvalue weighted by molar-refractivity contribution is 1.29. The fraction of sp³-hybridized carbons (Fsp3) is 0. The predicted octanol–water partition coefficient (Wildman–Crippen LogP) is 11.6. The zero-order valence-electron chi connectivity index (χ0n) is 25.2. The Balaban J connectivity index is 1.48. The lowest BCUT2D eigenvalue weighted by Gasteiger charge is -2.18. The highest BCUT2D eigenvalue weighted by Crippen LogP contribution is 2.43. The van der Waals surface area contributed by atoms with Gasteiger partial charge in [-0.2, -0.15) is 0 Å². The molecule has 0 spiro atoms. The summed E-state index contributed by atoms with van der Waals surface area (Å²) in [5.41, 5.74) is 14.6. The Morgan fingerprint density at radius 2 is 0.500 bits per heavy atom. The lowest BCUT2D eigenvalue weighted by Crippen LogP contribution is -2.00. The SMILES string of the molecule is c1ccc(-c2ccccc2-c2ccc(-c3ccccc3-c3ccccc3)c3nc(-c4ccccc4)c(-c4ccccc4)nc23)cc1. The van der Waals surface area contributed by atoms with Crippen molar-refractivity contribution in [2.75, 3.05) is 0 Å². The summed E-state index contributed by atoms with van der Waals surface area (Å²) < 4.78 is 0. The van der Waals surface area contributed by atoms with Crippen LogP contribution in [0.15, 0.2) is 182 Å². The van der Waals surface area contributed by atoms with Gasteiger partial charge in [-0.15, -0.1) is 0 Å². The number of aromatic nitrogens is 2. The highest BCUT2D eigenvalue weighted by atomic mass is 14.8. The van der Waals surface area contributed by atoms with Gasteiger partial charge in [0.25, 0.3) is 0 Å². The molecular weight excluding hydrogens is 556 g/mol. The van der Waals surface area contributed by atoms with E-state index in [-0.39, 0.29) is 0 Å². The molecule has 216 valence electrons. The largest absolute Gasteiger partial charge is 0.243 e. The van der Waals surface area contributed by atoms with Gasteiger partial charge < -0.3 is 0 Å². The van der Waals surface area contributed by atoms with Crippen molar-refractivity contribution in [3.05, 3.63) is 182 Å². The number of hydrogen-bond donors (Lipinski definition) is 0. The predicted molar refractivity (Wildman–Crippen MR) is 192 cm³/mol. The van der Waals surface area contributed by atoms with Crippen molar-refractivity contribution in [2.24, 2.45) is 0 Å². The summed E-state index contributed by atoms with van der Waals surface area (Å²) in [7, 11) is 0. The first-order valence-corrected chi connectivity index (χ1v) is 15.6. The van der Waals surface area contributed by atoms with Crippen molar-refractivity contribution in [2.45, 2.75) is 0 Å². The first-order valence-electron chi connectivity index (χ1n) is 15.6. The third-order valence-electron chi connectivity index (χ3n) is 8.52. The quantitative estimate of drug-likeness (QED) is 0.194. The Labute approximate surface area is 269 Å². The maximum atomic E-state index is 5.56. The molecule has 0 atom stereocenters. The first kappa shape index (κ1) is 27.4. The maximum absolute atomic E-state index is 5.56. The first-order chi connectivity index (χ1) is 22.8. The Morgan fingerprint density at radius 3 is 0.848 bits per heavy atom. The standard InChI is InChI=1S/C44H30N2/c1-5-17-31(18-6-1)35-25-13-15-27-37(35)39-29-30-40(38-28-16-14-26-36(38)32-19-7-2-8-20-32)44-43(39)45-41(33-21-9-3-10-22-33)42(46-44)34-23-11-4-12-24-34/h1-30H. The normalized spacial score (nSPS) is 11.0. The van der Waals surface area contributed by atoms with E-state index >= 15 is 0 Å². The van der Waals surface area contributed by atoms with Crippen LogP contribution in [-0.2, 0) is 0 Å². The maximum Gasteiger partial charge on any atom is 0.0979 e. The Kier molecular flexibility index (Phi) is 7.22. The van der Waals surface area contributed by atoms with Crippen molar-refractivity contribution >= 4 is 11.0 Å². The summed E-state index contributed by atoms with van der Waals surface area (Å²) in [6, 6.07) is 63.6. The molecule has 0 fully saturated rings. The van der Waals surface area contributed by atoms with Gasteiger partial charge in [0, 0.05) is 22.3 Å². The number of nitrogens with zero attached hydrogens (tertiary/aromatic N) is 2. The van der Waals surface area contributed by atoms with E-state index in [1.165, 1.54) is 11.1 Å². The summed E-state index contributed by atoms with van der Waals surface area (Å²) in [6.07, 6.45) is 0. The van der Waals surface area contributed by atoms with Crippen molar-refractivity contribution < 1.29 is 0 Å². The topological polar surface area (TPSA) is 25.8 Å². The Morgan fingerprint density at radius 1 is 0.217 bits per heavy atom. The molecule has 0 aliphatic carbocycles. The van der Waals surface area contributed by atoms with Gasteiger partial charge >= 0.3 is 0 Å². The molecule has 0 saturated carbocycles. The van der Waals surface area contributed by atoms with Crippen LogP contribution in [0.5, 0.6) is 0 Å². The summed E-state index contributed by atoms with van der Waals surface area (Å²) in [6.45, 7) is 0. The van der Waals surface area contributed by atoms with Crippen LogP contribution in [0.4, 0.5) is 0 Å². The molecule has 46 heavy (non-hydrogen) atoms. The minimum Gasteiger partial charge on any atom is -0.243 e. The molecular formula is C44H30N2. The average Bonchev–Trinajstić information content (AvgIpc) is 3.15. The molecule has 1 aromatic heterocycles. The highest BCUT2D eigenvalue weighted by molar-refractivity contribution is 6.06. The average molecular weight is 587 g/mol. The summed E-state index contributed by atoms with van der Waals surface area (Å²) >= 11 is 0.